The minimum atomic E-state index is -0.102. The van der Waals surface area contributed by atoms with Crippen molar-refractivity contribution in [2.24, 2.45) is 0 Å². The van der Waals surface area contributed by atoms with E-state index in [1.165, 1.54) is 11.1 Å². The van der Waals surface area contributed by atoms with E-state index in [0.717, 1.165) is 12.2 Å². The Hall–Kier alpha value is -0.960. The van der Waals surface area contributed by atoms with E-state index in [1.54, 1.807) is 11.8 Å². The van der Waals surface area contributed by atoms with Gasteiger partial charge in [-0.15, -0.1) is 0 Å². The molecule has 0 aromatic heterocycles. The maximum absolute atomic E-state index is 11.3. The highest BCUT2D eigenvalue weighted by Crippen LogP contribution is 2.06. The lowest BCUT2D eigenvalue weighted by Gasteiger charge is -2.04. The first-order valence-corrected chi connectivity index (χ1v) is 6.82. The second kappa shape index (κ2) is 7.34. The lowest BCUT2D eigenvalue weighted by molar-refractivity contribution is -0.142. The number of ether oxygens (including phenoxy) is 1. The molecule has 0 spiro atoms. The molecule has 0 radical (unpaired) electrons. The zero-order valence-electron chi connectivity index (χ0n) is 9.86. The molecule has 0 amide bonds. The molecule has 2 nitrogen and oxygen atoms in total. The fourth-order valence-electron chi connectivity index (χ4n) is 1.31. The molecule has 0 heterocycles. The highest BCUT2D eigenvalue weighted by Gasteiger charge is 2.03. The van der Waals surface area contributed by atoms with E-state index < -0.39 is 0 Å². The summed E-state index contributed by atoms with van der Waals surface area (Å²) in [6, 6.07) is 8.25. The molecule has 0 aliphatic carbocycles. The number of thioether (sulfide) groups is 1. The predicted molar refractivity (Wildman–Crippen MR) is 68.8 cm³/mol. The monoisotopic (exact) mass is 238 g/mol. The number of esters is 1. The van der Waals surface area contributed by atoms with Crippen LogP contribution in [-0.2, 0) is 16.0 Å². The van der Waals surface area contributed by atoms with Gasteiger partial charge in [-0.05, 0) is 25.2 Å². The quantitative estimate of drug-likeness (QED) is 0.563. The van der Waals surface area contributed by atoms with Crippen molar-refractivity contribution in [3.8, 4) is 0 Å². The molecule has 0 aliphatic rings. The SMILES string of the molecule is CSCCOC(=O)CCc1ccc(C)cc1. The van der Waals surface area contributed by atoms with Gasteiger partial charge in [-0.1, -0.05) is 29.8 Å². The molecule has 1 aromatic rings. The van der Waals surface area contributed by atoms with Gasteiger partial charge in [0.05, 0.1) is 0 Å². The number of aryl methyl sites for hydroxylation is 2. The topological polar surface area (TPSA) is 26.3 Å². The summed E-state index contributed by atoms with van der Waals surface area (Å²) < 4.78 is 5.07. The Morgan fingerprint density at radius 3 is 2.62 bits per heavy atom. The molecule has 0 fully saturated rings. The lowest BCUT2D eigenvalue weighted by Crippen LogP contribution is -2.08. The Kier molecular flexibility index (Phi) is 6.01. The number of hydrogen-bond donors (Lipinski definition) is 0. The van der Waals surface area contributed by atoms with Crippen LogP contribution in [0.1, 0.15) is 17.5 Å². The van der Waals surface area contributed by atoms with E-state index in [-0.39, 0.29) is 5.97 Å². The molecule has 88 valence electrons. The third-order valence-electron chi connectivity index (χ3n) is 2.29. The van der Waals surface area contributed by atoms with Gasteiger partial charge < -0.3 is 4.74 Å². The minimum Gasteiger partial charge on any atom is -0.465 e. The molecule has 0 saturated carbocycles. The van der Waals surface area contributed by atoms with E-state index in [0.29, 0.717) is 13.0 Å². The third kappa shape index (κ3) is 5.21. The van der Waals surface area contributed by atoms with Crippen molar-refractivity contribution in [2.45, 2.75) is 19.8 Å². The molecule has 0 saturated heterocycles. The van der Waals surface area contributed by atoms with Crippen molar-refractivity contribution in [3.63, 3.8) is 0 Å². The van der Waals surface area contributed by atoms with Gasteiger partial charge in [-0.3, -0.25) is 4.79 Å². The molecular weight excluding hydrogens is 220 g/mol. The molecule has 0 atom stereocenters. The fraction of sp³-hybridized carbons (Fsp3) is 0.462. The number of carbonyl (C=O) groups excluding carboxylic acids is 1. The van der Waals surface area contributed by atoms with Crippen molar-refractivity contribution in [2.75, 3.05) is 18.6 Å². The second-order valence-corrected chi connectivity index (χ2v) is 4.68. The Labute approximate surface area is 101 Å². The second-order valence-electron chi connectivity index (χ2n) is 3.70. The molecular formula is C13H18O2S. The standard InChI is InChI=1S/C13H18O2S/c1-11-3-5-12(6-4-11)7-8-13(14)15-9-10-16-2/h3-6H,7-10H2,1-2H3. The molecule has 0 N–H and O–H groups in total. The zero-order chi connectivity index (χ0) is 11.8. The van der Waals surface area contributed by atoms with Gasteiger partial charge in [0.25, 0.3) is 0 Å². The minimum absolute atomic E-state index is 0.102. The van der Waals surface area contributed by atoms with Crippen molar-refractivity contribution in [1.82, 2.24) is 0 Å². The van der Waals surface area contributed by atoms with Gasteiger partial charge in [-0.2, -0.15) is 11.8 Å². The van der Waals surface area contributed by atoms with Crippen LogP contribution in [-0.4, -0.2) is 24.6 Å². The van der Waals surface area contributed by atoms with Gasteiger partial charge in [0.1, 0.15) is 6.61 Å². The fourth-order valence-corrected chi connectivity index (χ4v) is 1.56. The summed E-state index contributed by atoms with van der Waals surface area (Å²) in [5.41, 5.74) is 2.43. The van der Waals surface area contributed by atoms with Crippen LogP contribution in [0.4, 0.5) is 0 Å². The molecule has 1 rings (SSSR count). The maximum atomic E-state index is 11.3. The van der Waals surface area contributed by atoms with Crippen molar-refractivity contribution < 1.29 is 9.53 Å². The largest absolute Gasteiger partial charge is 0.465 e. The van der Waals surface area contributed by atoms with Crippen LogP contribution in [0.15, 0.2) is 24.3 Å². The van der Waals surface area contributed by atoms with E-state index in [2.05, 4.69) is 31.2 Å². The average Bonchev–Trinajstić information content (AvgIpc) is 2.29. The average molecular weight is 238 g/mol. The first-order valence-electron chi connectivity index (χ1n) is 5.42. The van der Waals surface area contributed by atoms with Crippen LogP contribution < -0.4 is 0 Å². The summed E-state index contributed by atoms with van der Waals surface area (Å²) in [6.07, 6.45) is 3.23. The highest BCUT2D eigenvalue weighted by molar-refractivity contribution is 7.98. The van der Waals surface area contributed by atoms with Crippen LogP contribution in [0.2, 0.25) is 0 Å². The molecule has 16 heavy (non-hydrogen) atoms. The van der Waals surface area contributed by atoms with E-state index in [1.807, 2.05) is 6.26 Å². The molecule has 0 aliphatic heterocycles. The Bertz CT molecular complexity index is 319. The lowest BCUT2D eigenvalue weighted by atomic mass is 10.1. The van der Waals surface area contributed by atoms with Gasteiger partial charge in [0.15, 0.2) is 0 Å². The Morgan fingerprint density at radius 2 is 2.00 bits per heavy atom. The number of benzene rings is 1. The Morgan fingerprint density at radius 1 is 1.31 bits per heavy atom. The predicted octanol–water partition coefficient (Wildman–Crippen LogP) is 2.83. The van der Waals surface area contributed by atoms with Crippen molar-refractivity contribution >= 4 is 17.7 Å². The van der Waals surface area contributed by atoms with Crippen molar-refractivity contribution in [3.05, 3.63) is 35.4 Å². The number of rotatable bonds is 6. The van der Waals surface area contributed by atoms with Gasteiger partial charge in [0, 0.05) is 12.2 Å². The van der Waals surface area contributed by atoms with Crippen LogP contribution in [0.5, 0.6) is 0 Å². The highest BCUT2D eigenvalue weighted by atomic mass is 32.2. The smallest absolute Gasteiger partial charge is 0.306 e. The van der Waals surface area contributed by atoms with E-state index in [4.69, 9.17) is 4.74 Å². The van der Waals surface area contributed by atoms with Crippen LogP contribution >= 0.6 is 11.8 Å². The first kappa shape index (κ1) is 13.1. The van der Waals surface area contributed by atoms with Crippen molar-refractivity contribution in [1.29, 1.82) is 0 Å². The van der Waals surface area contributed by atoms with Crippen LogP contribution in [0, 0.1) is 6.92 Å². The summed E-state index contributed by atoms with van der Waals surface area (Å²) in [5.74, 6) is 0.769. The van der Waals surface area contributed by atoms with Crippen LogP contribution in [0.3, 0.4) is 0 Å². The van der Waals surface area contributed by atoms with E-state index in [9.17, 15) is 4.79 Å². The molecule has 1 aromatic carbocycles. The van der Waals surface area contributed by atoms with Gasteiger partial charge in [0.2, 0.25) is 0 Å². The number of hydrogen-bond acceptors (Lipinski definition) is 3. The summed E-state index contributed by atoms with van der Waals surface area (Å²) in [7, 11) is 0. The third-order valence-corrected chi connectivity index (χ3v) is 2.86. The number of carbonyl (C=O) groups is 1. The van der Waals surface area contributed by atoms with Gasteiger partial charge in [-0.25, -0.2) is 0 Å². The zero-order valence-corrected chi connectivity index (χ0v) is 10.7. The van der Waals surface area contributed by atoms with Crippen LogP contribution in [0.25, 0.3) is 0 Å². The Balaban J connectivity index is 2.23. The maximum Gasteiger partial charge on any atom is 0.306 e. The summed E-state index contributed by atoms with van der Waals surface area (Å²) in [4.78, 5) is 11.3. The summed E-state index contributed by atoms with van der Waals surface area (Å²) in [5, 5.41) is 0. The summed E-state index contributed by atoms with van der Waals surface area (Å²) >= 11 is 1.68. The summed E-state index contributed by atoms with van der Waals surface area (Å²) in [6.45, 7) is 2.58. The molecule has 3 heteroatoms. The molecule has 0 unspecified atom stereocenters. The first-order chi connectivity index (χ1) is 7.72. The van der Waals surface area contributed by atoms with E-state index >= 15 is 0 Å². The van der Waals surface area contributed by atoms with Gasteiger partial charge >= 0.3 is 5.97 Å². The normalized spacial score (nSPS) is 10.1. The molecule has 0 bridgehead atoms.